The molecule has 0 saturated heterocycles. The summed E-state index contributed by atoms with van der Waals surface area (Å²) in [5.74, 6) is 0. The van der Waals surface area contributed by atoms with Gasteiger partial charge in [0.05, 0.1) is 0 Å². The first-order chi connectivity index (χ1) is 3.89. The van der Waals surface area contributed by atoms with Crippen LogP contribution >= 0.6 is 7.91 Å². The van der Waals surface area contributed by atoms with Crippen molar-refractivity contribution >= 4 is 18.4 Å². The number of hydrogen-bond donors (Lipinski definition) is 1. The molecule has 56 valence electrons. The molecule has 0 heterocycles. The van der Waals surface area contributed by atoms with Crippen LogP contribution in [0.25, 0.3) is 0 Å². The van der Waals surface area contributed by atoms with Gasteiger partial charge in [0.15, 0.2) is 0 Å². The maximum atomic E-state index is 12.0. The van der Waals surface area contributed by atoms with Gasteiger partial charge in [-0.15, -0.1) is 0 Å². The summed E-state index contributed by atoms with van der Waals surface area (Å²) < 4.78 is 31.2. The van der Waals surface area contributed by atoms with E-state index in [1.165, 1.54) is 0 Å². The van der Waals surface area contributed by atoms with Crippen molar-refractivity contribution in [3.05, 3.63) is 12.8 Å². The van der Waals surface area contributed by atoms with Crippen LogP contribution in [-0.4, -0.2) is 15.4 Å². The molecule has 0 radical (unpaired) electrons. The van der Waals surface area contributed by atoms with E-state index in [1.54, 1.807) is 0 Å². The third-order valence-electron chi connectivity index (χ3n) is 0.539. The quantitative estimate of drug-likeness (QED) is 0.386. The molecule has 0 amide bonds. The fraction of sp³-hybridized carbons (Fsp3) is 0. The van der Waals surface area contributed by atoms with Crippen LogP contribution in [0, 0.1) is 0 Å². The Morgan fingerprint density at radius 3 is 2.22 bits per heavy atom. The van der Waals surface area contributed by atoms with Gasteiger partial charge in [-0.25, -0.2) is 0 Å². The molecule has 0 aliphatic rings. The molecular weight excluding hydrogens is 169 g/mol. The van der Waals surface area contributed by atoms with Crippen LogP contribution < -0.4 is 0 Å². The Morgan fingerprint density at radius 1 is 1.67 bits per heavy atom. The van der Waals surface area contributed by atoms with Crippen LogP contribution in [0.4, 0.5) is 8.39 Å². The molecule has 0 unspecified atom stereocenters. The molecular formula is C2H7F2O3PSi. The summed E-state index contributed by atoms with van der Waals surface area (Å²) in [5, 5.41) is 0. The van der Waals surface area contributed by atoms with Gasteiger partial charge in [-0.2, -0.15) is 0 Å². The number of halogens is 2. The molecule has 0 aromatic rings. The van der Waals surface area contributed by atoms with Crippen LogP contribution in [0.1, 0.15) is 0 Å². The van der Waals surface area contributed by atoms with Crippen molar-refractivity contribution < 1.29 is 22.0 Å². The molecule has 0 aliphatic heterocycles. The zero-order chi connectivity index (χ0) is 7.57. The Kier molecular flexibility index (Phi) is 2.29. The fourth-order valence-corrected chi connectivity index (χ4v) is 0.748. The van der Waals surface area contributed by atoms with Gasteiger partial charge in [-0.3, -0.25) is 0 Å². The third kappa shape index (κ3) is 3.53. The van der Waals surface area contributed by atoms with Gasteiger partial charge >= 0.3 is 53.3 Å². The topological polar surface area (TPSA) is 38.7 Å². The Labute approximate surface area is 54.2 Å². The molecule has 0 fully saturated rings. The molecule has 0 bridgehead atoms. The van der Waals surface area contributed by atoms with Crippen LogP contribution in [-0.2, 0) is 8.74 Å². The van der Waals surface area contributed by atoms with Crippen LogP contribution in [0.3, 0.4) is 0 Å². The maximum absolute atomic E-state index is 12.0. The summed E-state index contributed by atoms with van der Waals surface area (Å²) in [4.78, 5) is 8.10. The number of hydrogen-bond acceptors (Lipinski definition) is 3. The van der Waals surface area contributed by atoms with Gasteiger partial charge in [0, 0.05) is 0 Å². The van der Waals surface area contributed by atoms with E-state index < -0.39 is 7.91 Å². The molecule has 0 aromatic heterocycles. The van der Waals surface area contributed by atoms with Crippen LogP contribution in [0.5, 0.6) is 0 Å². The van der Waals surface area contributed by atoms with E-state index in [2.05, 4.69) is 15.3 Å². The van der Waals surface area contributed by atoms with Crippen LogP contribution in [0.15, 0.2) is 12.8 Å². The Hall–Kier alpha value is -0.0331. The Morgan fingerprint density at radius 2 is 2.11 bits per heavy atom. The molecule has 0 saturated carbocycles. The van der Waals surface area contributed by atoms with Gasteiger partial charge < -0.3 is 0 Å². The second-order valence-corrected chi connectivity index (χ2v) is 4.31. The molecule has 0 rings (SSSR count). The predicted octanol–water partition coefficient (Wildman–Crippen LogP) is 0.503. The van der Waals surface area contributed by atoms with Crippen molar-refractivity contribution in [2.45, 2.75) is 0 Å². The van der Waals surface area contributed by atoms with E-state index in [9.17, 15) is 8.39 Å². The second-order valence-electron chi connectivity index (χ2n) is 1.18. The SMILES string of the molecule is C=COP(O)(F)(F)O[SiH3]. The molecule has 0 aromatic carbocycles. The monoisotopic (exact) mass is 176 g/mol. The van der Waals surface area contributed by atoms with Gasteiger partial charge in [0.1, 0.15) is 0 Å². The standard InChI is InChI=1S/C2H7F2O3PSi/c1-2-6-8(3,4,5)7-9/h2,5H,1H2,9H3. The summed E-state index contributed by atoms with van der Waals surface area (Å²) in [7, 11) is -6.47. The van der Waals surface area contributed by atoms with E-state index in [-0.39, 0.29) is 10.5 Å². The van der Waals surface area contributed by atoms with Gasteiger partial charge in [-0.1, -0.05) is 0 Å². The fourth-order valence-electron chi connectivity index (χ4n) is 0.163. The van der Waals surface area contributed by atoms with Gasteiger partial charge in [-0.05, 0) is 0 Å². The zero-order valence-electron chi connectivity index (χ0n) is 4.75. The molecule has 0 spiro atoms. The van der Waals surface area contributed by atoms with Crippen molar-refractivity contribution in [2.24, 2.45) is 0 Å². The van der Waals surface area contributed by atoms with Crippen LogP contribution in [0.2, 0.25) is 0 Å². The molecule has 0 atom stereocenters. The molecule has 0 aliphatic carbocycles. The van der Waals surface area contributed by atoms with E-state index in [1.807, 2.05) is 0 Å². The van der Waals surface area contributed by atoms with E-state index in [4.69, 9.17) is 4.89 Å². The van der Waals surface area contributed by atoms with E-state index in [0.717, 1.165) is 0 Å². The first-order valence-electron chi connectivity index (χ1n) is 1.96. The molecule has 7 heteroatoms. The van der Waals surface area contributed by atoms with Crippen molar-refractivity contribution in [1.29, 1.82) is 0 Å². The minimum absolute atomic E-state index is 0.279. The van der Waals surface area contributed by atoms with E-state index >= 15 is 0 Å². The minimum atomic E-state index is -6.19. The average Bonchev–Trinajstić information content (AvgIpc) is 1.66. The summed E-state index contributed by atoms with van der Waals surface area (Å²) in [6.45, 7) is 2.84. The summed E-state index contributed by atoms with van der Waals surface area (Å²) in [5.41, 5.74) is 0. The summed E-state index contributed by atoms with van der Waals surface area (Å²) in [6.07, 6.45) is 0.454. The van der Waals surface area contributed by atoms with Gasteiger partial charge in [0.2, 0.25) is 0 Å². The first kappa shape index (κ1) is 8.97. The normalized spacial score (nSPS) is 16.1. The van der Waals surface area contributed by atoms with Crippen molar-refractivity contribution in [3.8, 4) is 0 Å². The van der Waals surface area contributed by atoms with E-state index in [0.29, 0.717) is 6.26 Å². The second kappa shape index (κ2) is 2.30. The van der Waals surface area contributed by atoms with Crippen molar-refractivity contribution in [3.63, 3.8) is 0 Å². The first-order valence-corrected chi connectivity index (χ1v) is 4.58. The average molecular weight is 176 g/mol. The molecule has 1 N–H and O–H groups in total. The van der Waals surface area contributed by atoms with Gasteiger partial charge in [0.25, 0.3) is 0 Å². The van der Waals surface area contributed by atoms with Crippen molar-refractivity contribution in [1.82, 2.24) is 0 Å². The zero-order valence-corrected chi connectivity index (χ0v) is 7.65. The molecule has 3 nitrogen and oxygen atoms in total. The summed E-state index contributed by atoms with van der Waals surface area (Å²) >= 11 is 0. The molecule has 9 heavy (non-hydrogen) atoms. The summed E-state index contributed by atoms with van der Waals surface area (Å²) in [6, 6.07) is 0. The predicted molar refractivity (Wildman–Crippen MR) is 33.7 cm³/mol. The Bertz CT molecular complexity index is 121. The Balaban J connectivity index is 4.11. The third-order valence-corrected chi connectivity index (χ3v) is 3.38. The van der Waals surface area contributed by atoms with Crippen molar-refractivity contribution in [2.75, 3.05) is 0 Å². The number of rotatable bonds is 3.